The summed E-state index contributed by atoms with van der Waals surface area (Å²) < 4.78 is 37.8. The van der Waals surface area contributed by atoms with Crippen molar-refractivity contribution in [2.45, 2.75) is 51.4 Å². The molecule has 1 saturated carbocycles. The van der Waals surface area contributed by atoms with Crippen molar-refractivity contribution in [1.82, 2.24) is 15.2 Å². The molecule has 0 unspecified atom stereocenters. The van der Waals surface area contributed by atoms with Gasteiger partial charge in [-0.25, -0.2) is 4.98 Å². The van der Waals surface area contributed by atoms with Gasteiger partial charge in [-0.1, -0.05) is 29.8 Å². The van der Waals surface area contributed by atoms with E-state index in [0.29, 0.717) is 5.69 Å². The first-order valence-corrected chi connectivity index (χ1v) is 10.7. The number of alkyl halides is 3. The molecule has 30 heavy (non-hydrogen) atoms. The highest BCUT2D eigenvalue weighted by Crippen LogP contribution is 2.44. The molecule has 1 saturated heterocycles. The van der Waals surface area contributed by atoms with Crippen LogP contribution in [0.2, 0.25) is 0 Å². The van der Waals surface area contributed by atoms with Crippen molar-refractivity contribution in [3.63, 3.8) is 0 Å². The lowest BCUT2D eigenvalue weighted by atomic mass is 9.98. The maximum Gasteiger partial charge on any atom is 0.471 e. The SMILES string of the molecule is Cc1cccc(-c2sc(C)nc2C(=O)N2[C@@H]3CC[C@@H](C3)[C@H]2CNC(=O)C(F)(F)F)c1. The van der Waals surface area contributed by atoms with Gasteiger partial charge in [0.05, 0.1) is 15.9 Å². The summed E-state index contributed by atoms with van der Waals surface area (Å²) in [5.74, 6) is -2.15. The summed E-state index contributed by atoms with van der Waals surface area (Å²) in [6, 6.07) is 7.32. The number of rotatable bonds is 4. The molecule has 4 rings (SSSR count). The lowest BCUT2D eigenvalue weighted by molar-refractivity contribution is -0.173. The number of halogens is 3. The number of benzene rings is 1. The molecule has 1 aliphatic heterocycles. The van der Waals surface area contributed by atoms with Gasteiger partial charge in [0.15, 0.2) is 0 Å². The van der Waals surface area contributed by atoms with Gasteiger partial charge in [-0.2, -0.15) is 13.2 Å². The van der Waals surface area contributed by atoms with Crippen LogP contribution in [0.1, 0.15) is 40.3 Å². The van der Waals surface area contributed by atoms with Crippen molar-refractivity contribution in [3.05, 3.63) is 40.5 Å². The maximum absolute atomic E-state index is 13.5. The first-order valence-electron chi connectivity index (χ1n) is 9.87. The lowest BCUT2D eigenvalue weighted by Gasteiger charge is -2.35. The van der Waals surface area contributed by atoms with E-state index in [1.54, 1.807) is 4.90 Å². The topological polar surface area (TPSA) is 62.3 Å². The van der Waals surface area contributed by atoms with Crippen molar-refractivity contribution in [2.75, 3.05) is 6.54 Å². The van der Waals surface area contributed by atoms with Gasteiger partial charge < -0.3 is 10.2 Å². The Kier molecular flexibility index (Phi) is 5.34. The van der Waals surface area contributed by atoms with Gasteiger partial charge in [0.2, 0.25) is 0 Å². The number of carbonyl (C=O) groups is 2. The second-order valence-electron chi connectivity index (χ2n) is 7.99. The Bertz CT molecular complexity index is 988. The zero-order valence-corrected chi connectivity index (χ0v) is 17.4. The molecule has 2 amide bonds. The minimum Gasteiger partial charge on any atom is -0.346 e. The predicted octanol–water partition coefficient (Wildman–Crippen LogP) is 4.10. The van der Waals surface area contributed by atoms with Gasteiger partial charge in [0, 0.05) is 12.6 Å². The molecule has 3 atom stereocenters. The Labute approximate surface area is 176 Å². The highest BCUT2D eigenvalue weighted by Gasteiger charge is 2.49. The van der Waals surface area contributed by atoms with Crippen molar-refractivity contribution in [1.29, 1.82) is 0 Å². The average Bonchev–Trinajstić information content (AvgIpc) is 3.38. The number of aromatic nitrogens is 1. The molecule has 2 aliphatic rings. The number of aryl methyl sites for hydroxylation is 2. The second kappa shape index (κ2) is 7.68. The van der Waals surface area contributed by atoms with Gasteiger partial charge in [-0.3, -0.25) is 9.59 Å². The number of likely N-dealkylation sites (tertiary alicyclic amines) is 1. The number of hydrogen-bond donors (Lipinski definition) is 1. The van der Waals surface area contributed by atoms with Crippen LogP contribution in [0.5, 0.6) is 0 Å². The smallest absolute Gasteiger partial charge is 0.346 e. The first-order chi connectivity index (χ1) is 14.1. The van der Waals surface area contributed by atoms with Crippen LogP contribution in [0, 0.1) is 19.8 Å². The zero-order valence-electron chi connectivity index (χ0n) is 16.6. The van der Waals surface area contributed by atoms with E-state index in [1.165, 1.54) is 11.3 Å². The maximum atomic E-state index is 13.5. The average molecular weight is 437 g/mol. The van der Waals surface area contributed by atoms with E-state index in [9.17, 15) is 22.8 Å². The summed E-state index contributed by atoms with van der Waals surface area (Å²) in [7, 11) is 0. The number of carbonyl (C=O) groups excluding carboxylic acids is 2. The fraction of sp³-hybridized carbons (Fsp3) is 0.476. The molecule has 1 aromatic carbocycles. The van der Waals surface area contributed by atoms with Gasteiger partial charge in [0.25, 0.3) is 5.91 Å². The van der Waals surface area contributed by atoms with Crippen LogP contribution in [0.3, 0.4) is 0 Å². The van der Waals surface area contributed by atoms with E-state index in [0.717, 1.165) is 40.3 Å². The van der Waals surface area contributed by atoms with E-state index < -0.39 is 18.1 Å². The molecule has 5 nitrogen and oxygen atoms in total. The molecular weight excluding hydrogens is 415 g/mol. The third kappa shape index (κ3) is 3.82. The van der Waals surface area contributed by atoms with Crippen molar-refractivity contribution in [2.24, 2.45) is 5.92 Å². The monoisotopic (exact) mass is 437 g/mol. The van der Waals surface area contributed by atoms with Crippen LogP contribution in [-0.2, 0) is 4.79 Å². The molecule has 2 bridgehead atoms. The number of thiazole rings is 1. The van der Waals surface area contributed by atoms with Gasteiger partial charge in [-0.15, -0.1) is 11.3 Å². The van der Waals surface area contributed by atoms with Crippen LogP contribution in [-0.4, -0.2) is 46.5 Å². The predicted molar refractivity (Wildman–Crippen MR) is 107 cm³/mol. The molecule has 2 heterocycles. The van der Waals surface area contributed by atoms with Crippen LogP contribution in [0.4, 0.5) is 13.2 Å². The molecule has 2 fully saturated rings. The van der Waals surface area contributed by atoms with Gasteiger partial charge in [-0.05, 0) is 44.6 Å². The summed E-state index contributed by atoms with van der Waals surface area (Å²) in [5, 5.41) is 2.72. The fourth-order valence-electron chi connectivity index (χ4n) is 4.65. The molecular formula is C21H22F3N3O2S. The largest absolute Gasteiger partial charge is 0.471 e. The van der Waals surface area contributed by atoms with Gasteiger partial charge >= 0.3 is 12.1 Å². The normalized spacial score (nSPS) is 23.1. The molecule has 1 N–H and O–H groups in total. The fourth-order valence-corrected chi connectivity index (χ4v) is 5.55. The minimum absolute atomic E-state index is 0.0253. The molecule has 9 heteroatoms. The molecule has 2 aromatic rings. The van der Waals surface area contributed by atoms with E-state index in [-0.39, 0.29) is 24.4 Å². The van der Waals surface area contributed by atoms with Crippen molar-refractivity contribution < 1.29 is 22.8 Å². The van der Waals surface area contributed by atoms with E-state index >= 15 is 0 Å². The standard InChI is InChI=1S/C21H22F3N3O2S/c1-11-4-3-5-14(8-11)18-17(26-12(2)30-18)19(28)27-15-7-6-13(9-15)16(27)10-25-20(29)21(22,23)24/h3-5,8,13,15-16H,6-7,9-10H2,1-2H3,(H,25,29)/t13-,15+,16+/m0/s1. The van der Waals surface area contributed by atoms with Crippen LogP contribution < -0.4 is 5.32 Å². The number of nitrogens with one attached hydrogen (secondary N) is 1. The molecule has 1 aliphatic carbocycles. The number of fused-ring (bicyclic) bond motifs is 2. The summed E-state index contributed by atoms with van der Waals surface area (Å²) in [6.45, 7) is 3.60. The third-order valence-corrected chi connectivity index (χ3v) is 6.94. The van der Waals surface area contributed by atoms with E-state index in [4.69, 9.17) is 0 Å². The van der Waals surface area contributed by atoms with Crippen LogP contribution in [0.15, 0.2) is 24.3 Å². The van der Waals surface area contributed by atoms with Crippen molar-refractivity contribution in [3.8, 4) is 10.4 Å². The summed E-state index contributed by atoms with van der Waals surface area (Å²) in [6.07, 6.45) is -2.51. The van der Waals surface area contributed by atoms with E-state index in [2.05, 4.69) is 4.98 Å². The first kappa shape index (κ1) is 20.8. The Morgan fingerprint density at radius 3 is 2.73 bits per heavy atom. The molecule has 0 spiro atoms. The Hall–Kier alpha value is -2.42. The second-order valence-corrected chi connectivity index (χ2v) is 9.20. The molecule has 1 aromatic heterocycles. The Morgan fingerprint density at radius 2 is 2.03 bits per heavy atom. The van der Waals surface area contributed by atoms with Crippen LogP contribution >= 0.6 is 11.3 Å². The summed E-state index contributed by atoms with van der Waals surface area (Å²) in [5.41, 5.74) is 2.29. The highest BCUT2D eigenvalue weighted by atomic mass is 32.1. The number of amides is 2. The third-order valence-electron chi connectivity index (χ3n) is 5.92. The molecule has 0 radical (unpaired) electrons. The zero-order chi connectivity index (χ0) is 21.6. The quantitative estimate of drug-likeness (QED) is 0.784. The number of piperidine rings is 1. The van der Waals surface area contributed by atoms with Gasteiger partial charge in [0.1, 0.15) is 5.69 Å². The lowest BCUT2D eigenvalue weighted by Crippen LogP contribution is -2.52. The Balaban J connectivity index is 1.61. The number of hydrogen-bond acceptors (Lipinski definition) is 4. The minimum atomic E-state index is -4.93. The summed E-state index contributed by atoms with van der Waals surface area (Å²) >= 11 is 1.43. The van der Waals surface area contributed by atoms with Crippen molar-refractivity contribution >= 4 is 23.2 Å². The van der Waals surface area contributed by atoms with Crippen LogP contribution in [0.25, 0.3) is 10.4 Å². The molecule has 160 valence electrons. The van der Waals surface area contributed by atoms with E-state index in [1.807, 2.05) is 43.4 Å². The summed E-state index contributed by atoms with van der Waals surface area (Å²) in [4.78, 5) is 31.7. The Morgan fingerprint density at radius 1 is 1.27 bits per heavy atom. The highest BCUT2D eigenvalue weighted by molar-refractivity contribution is 7.15. The number of nitrogens with zero attached hydrogens (tertiary/aromatic N) is 2.